The standard InChI is InChI=1S/C10H11ClFNO2/c11-5-2-6-15-13-10(14)8-3-1-4-9(12)7-8/h1,3-4,7H,2,5-6H2,(H,13,14). The molecule has 0 heterocycles. The summed E-state index contributed by atoms with van der Waals surface area (Å²) in [6.07, 6.45) is 0.644. The molecule has 1 amide bonds. The van der Waals surface area contributed by atoms with Gasteiger partial charge in [0.2, 0.25) is 0 Å². The Bertz CT molecular complexity index is 333. The lowest BCUT2D eigenvalue weighted by molar-refractivity contribution is 0.0316. The highest BCUT2D eigenvalue weighted by Crippen LogP contribution is 2.02. The van der Waals surface area contributed by atoms with E-state index in [-0.39, 0.29) is 5.56 Å². The van der Waals surface area contributed by atoms with Crippen LogP contribution in [-0.2, 0) is 4.84 Å². The van der Waals surface area contributed by atoms with Gasteiger partial charge in [0.25, 0.3) is 5.91 Å². The Hall–Kier alpha value is -1.13. The van der Waals surface area contributed by atoms with E-state index in [2.05, 4.69) is 5.48 Å². The number of alkyl halides is 1. The van der Waals surface area contributed by atoms with E-state index < -0.39 is 11.7 Å². The third kappa shape index (κ3) is 4.27. The van der Waals surface area contributed by atoms with E-state index in [1.807, 2.05) is 0 Å². The van der Waals surface area contributed by atoms with Gasteiger partial charge in [0.1, 0.15) is 5.82 Å². The Kier molecular flexibility index (Phi) is 5.07. The van der Waals surface area contributed by atoms with Crippen LogP contribution in [0.3, 0.4) is 0 Å². The average molecular weight is 232 g/mol. The van der Waals surface area contributed by atoms with E-state index in [4.69, 9.17) is 16.4 Å². The van der Waals surface area contributed by atoms with Crippen molar-refractivity contribution in [1.29, 1.82) is 0 Å². The summed E-state index contributed by atoms with van der Waals surface area (Å²) >= 11 is 5.41. The summed E-state index contributed by atoms with van der Waals surface area (Å²) in [5, 5.41) is 0. The fourth-order valence-corrected chi connectivity index (χ4v) is 1.04. The molecule has 3 nitrogen and oxygen atoms in total. The van der Waals surface area contributed by atoms with Crippen molar-refractivity contribution < 1.29 is 14.0 Å². The molecule has 0 saturated heterocycles. The molecule has 0 unspecified atom stereocenters. The Morgan fingerprint density at radius 2 is 2.33 bits per heavy atom. The molecule has 1 aromatic carbocycles. The third-order valence-corrected chi connectivity index (χ3v) is 1.90. The molecule has 0 spiro atoms. The maximum Gasteiger partial charge on any atom is 0.274 e. The van der Waals surface area contributed by atoms with Crippen LogP contribution in [0.15, 0.2) is 24.3 Å². The van der Waals surface area contributed by atoms with Crippen LogP contribution in [0.4, 0.5) is 4.39 Å². The van der Waals surface area contributed by atoms with Gasteiger partial charge in [-0.15, -0.1) is 11.6 Å². The van der Waals surface area contributed by atoms with Gasteiger partial charge in [-0.3, -0.25) is 9.63 Å². The number of hydrogen-bond acceptors (Lipinski definition) is 2. The number of carbonyl (C=O) groups is 1. The van der Waals surface area contributed by atoms with E-state index in [1.54, 1.807) is 0 Å². The zero-order chi connectivity index (χ0) is 11.1. The second kappa shape index (κ2) is 6.37. The largest absolute Gasteiger partial charge is 0.274 e. The third-order valence-electron chi connectivity index (χ3n) is 1.63. The molecule has 0 aliphatic rings. The predicted octanol–water partition coefficient (Wildman–Crippen LogP) is 2.12. The van der Waals surface area contributed by atoms with Gasteiger partial charge in [-0.05, 0) is 24.6 Å². The Balaban J connectivity index is 2.40. The first-order valence-electron chi connectivity index (χ1n) is 4.47. The Morgan fingerprint density at radius 3 is 3.00 bits per heavy atom. The van der Waals surface area contributed by atoms with Crippen LogP contribution in [0.5, 0.6) is 0 Å². The monoisotopic (exact) mass is 231 g/mol. The maximum atomic E-state index is 12.7. The Morgan fingerprint density at radius 1 is 1.53 bits per heavy atom. The van der Waals surface area contributed by atoms with E-state index in [0.717, 1.165) is 6.07 Å². The van der Waals surface area contributed by atoms with Gasteiger partial charge in [-0.2, -0.15) is 0 Å². The first-order valence-corrected chi connectivity index (χ1v) is 5.01. The minimum atomic E-state index is -0.468. The van der Waals surface area contributed by atoms with Crippen LogP contribution in [-0.4, -0.2) is 18.4 Å². The summed E-state index contributed by atoms with van der Waals surface area (Å²) in [7, 11) is 0. The van der Waals surface area contributed by atoms with Gasteiger partial charge in [-0.1, -0.05) is 6.07 Å². The summed E-state index contributed by atoms with van der Waals surface area (Å²) in [5.74, 6) is -0.456. The van der Waals surface area contributed by atoms with E-state index in [0.29, 0.717) is 18.9 Å². The zero-order valence-corrected chi connectivity index (χ0v) is 8.76. The van der Waals surface area contributed by atoms with Crippen LogP contribution in [0.2, 0.25) is 0 Å². The number of hydroxylamine groups is 1. The molecule has 0 aliphatic carbocycles. The molecular formula is C10H11ClFNO2. The van der Waals surface area contributed by atoms with Gasteiger partial charge in [0, 0.05) is 11.4 Å². The van der Waals surface area contributed by atoms with Crippen molar-refractivity contribution in [3.63, 3.8) is 0 Å². The first-order chi connectivity index (χ1) is 7.24. The maximum absolute atomic E-state index is 12.7. The van der Waals surface area contributed by atoms with Gasteiger partial charge in [0.15, 0.2) is 0 Å². The second-order valence-electron chi connectivity index (χ2n) is 2.83. The summed E-state index contributed by atoms with van der Waals surface area (Å²) in [6.45, 7) is 0.338. The molecule has 82 valence electrons. The molecule has 0 saturated carbocycles. The molecular weight excluding hydrogens is 221 g/mol. The number of halogens is 2. The minimum absolute atomic E-state index is 0.223. The molecule has 5 heteroatoms. The van der Waals surface area contributed by atoms with Crippen molar-refractivity contribution in [2.45, 2.75) is 6.42 Å². The van der Waals surface area contributed by atoms with Crippen molar-refractivity contribution >= 4 is 17.5 Å². The highest BCUT2D eigenvalue weighted by molar-refractivity contribution is 6.17. The molecule has 0 aromatic heterocycles. The normalized spacial score (nSPS) is 10.0. The van der Waals surface area contributed by atoms with Gasteiger partial charge in [0.05, 0.1) is 6.61 Å². The van der Waals surface area contributed by atoms with Crippen molar-refractivity contribution in [1.82, 2.24) is 5.48 Å². The van der Waals surface area contributed by atoms with Crippen LogP contribution < -0.4 is 5.48 Å². The van der Waals surface area contributed by atoms with Gasteiger partial charge in [-0.25, -0.2) is 9.87 Å². The number of benzene rings is 1. The van der Waals surface area contributed by atoms with E-state index in [9.17, 15) is 9.18 Å². The summed E-state index contributed by atoms with van der Waals surface area (Å²) in [5.41, 5.74) is 2.42. The molecule has 1 aromatic rings. The lowest BCUT2D eigenvalue weighted by Crippen LogP contribution is -2.24. The van der Waals surface area contributed by atoms with Crippen molar-refractivity contribution in [2.75, 3.05) is 12.5 Å². The van der Waals surface area contributed by atoms with Crippen molar-refractivity contribution in [2.24, 2.45) is 0 Å². The predicted molar refractivity (Wildman–Crippen MR) is 55.2 cm³/mol. The molecule has 0 atom stereocenters. The van der Waals surface area contributed by atoms with Crippen LogP contribution in [0.1, 0.15) is 16.8 Å². The van der Waals surface area contributed by atoms with E-state index in [1.165, 1.54) is 18.2 Å². The fourth-order valence-electron chi connectivity index (χ4n) is 0.932. The fraction of sp³-hybridized carbons (Fsp3) is 0.300. The summed E-state index contributed by atoms with van der Waals surface area (Å²) in [6, 6.07) is 5.37. The smallest absolute Gasteiger partial charge is 0.273 e. The molecule has 1 rings (SSSR count). The van der Waals surface area contributed by atoms with E-state index >= 15 is 0 Å². The number of nitrogens with one attached hydrogen (secondary N) is 1. The SMILES string of the molecule is O=C(NOCCCCl)c1cccc(F)c1. The number of hydrogen-bond donors (Lipinski definition) is 1. The molecule has 0 radical (unpaired) electrons. The number of carbonyl (C=O) groups excluding carboxylic acids is 1. The highest BCUT2D eigenvalue weighted by atomic mass is 35.5. The first kappa shape index (κ1) is 11.9. The lowest BCUT2D eigenvalue weighted by atomic mass is 10.2. The van der Waals surface area contributed by atoms with Gasteiger partial charge >= 0.3 is 0 Å². The lowest BCUT2D eigenvalue weighted by Gasteiger charge is -2.04. The quantitative estimate of drug-likeness (QED) is 0.479. The molecule has 0 aliphatic heterocycles. The molecule has 1 N–H and O–H groups in total. The molecule has 0 fully saturated rings. The Labute approximate surface area is 92.1 Å². The molecule has 0 bridgehead atoms. The topological polar surface area (TPSA) is 38.3 Å². The zero-order valence-electron chi connectivity index (χ0n) is 8.00. The van der Waals surface area contributed by atoms with Crippen molar-refractivity contribution in [3.05, 3.63) is 35.6 Å². The van der Waals surface area contributed by atoms with Crippen LogP contribution >= 0.6 is 11.6 Å². The molecule has 15 heavy (non-hydrogen) atoms. The van der Waals surface area contributed by atoms with Gasteiger partial charge < -0.3 is 0 Å². The van der Waals surface area contributed by atoms with Crippen LogP contribution in [0.25, 0.3) is 0 Å². The van der Waals surface area contributed by atoms with Crippen molar-refractivity contribution in [3.8, 4) is 0 Å². The highest BCUT2D eigenvalue weighted by Gasteiger charge is 2.05. The van der Waals surface area contributed by atoms with Crippen LogP contribution in [0, 0.1) is 5.82 Å². The average Bonchev–Trinajstić information content (AvgIpc) is 2.24. The summed E-state index contributed by atoms with van der Waals surface area (Å²) < 4.78 is 12.7. The second-order valence-corrected chi connectivity index (χ2v) is 3.21. The number of amides is 1. The minimum Gasteiger partial charge on any atom is -0.273 e. The number of rotatable bonds is 5. The summed E-state index contributed by atoms with van der Waals surface area (Å²) in [4.78, 5) is 16.1.